The number of anilines is 1. The summed E-state index contributed by atoms with van der Waals surface area (Å²) in [5.74, 6) is -0.807. The highest BCUT2D eigenvalue weighted by molar-refractivity contribution is 6.04. The first kappa shape index (κ1) is 23.1. The van der Waals surface area contributed by atoms with Crippen molar-refractivity contribution in [2.75, 3.05) is 5.32 Å². The van der Waals surface area contributed by atoms with E-state index in [9.17, 15) is 28.5 Å². The number of aromatic nitrogens is 2. The zero-order valence-corrected chi connectivity index (χ0v) is 18.2. The van der Waals surface area contributed by atoms with Crippen molar-refractivity contribution in [3.63, 3.8) is 0 Å². The van der Waals surface area contributed by atoms with Gasteiger partial charge < -0.3 is 10.1 Å². The van der Waals surface area contributed by atoms with E-state index >= 15 is 0 Å². The van der Waals surface area contributed by atoms with Gasteiger partial charge in [-0.3, -0.25) is 19.8 Å². The Labute approximate surface area is 182 Å². The van der Waals surface area contributed by atoms with E-state index in [-0.39, 0.29) is 34.9 Å². The average molecular weight is 451 g/mol. The minimum Gasteiger partial charge on any atom is -0.444 e. The molecule has 32 heavy (non-hydrogen) atoms. The highest BCUT2D eigenvalue weighted by Crippen LogP contribution is 2.44. The van der Waals surface area contributed by atoms with E-state index in [0.29, 0.717) is 4.68 Å². The second-order valence-electron chi connectivity index (χ2n) is 8.78. The Hall–Kier alpha value is -3.57. The number of alkyl halides is 2. The summed E-state index contributed by atoms with van der Waals surface area (Å²) in [5, 5.41) is 17.1. The molecule has 0 unspecified atom stereocenters. The summed E-state index contributed by atoms with van der Waals surface area (Å²) in [6, 6.07) is 4.80. The second-order valence-corrected chi connectivity index (χ2v) is 8.78. The molecule has 0 atom stereocenters. The number of nitro benzene ring substituents is 1. The summed E-state index contributed by atoms with van der Waals surface area (Å²) in [5.41, 5.74) is -1.74. The van der Waals surface area contributed by atoms with E-state index < -0.39 is 34.6 Å². The van der Waals surface area contributed by atoms with E-state index in [2.05, 4.69) is 10.4 Å². The van der Waals surface area contributed by atoms with Crippen LogP contribution in [0, 0.1) is 10.1 Å². The van der Waals surface area contributed by atoms with Gasteiger partial charge in [0.15, 0.2) is 5.82 Å². The van der Waals surface area contributed by atoms with Crippen molar-refractivity contribution in [1.29, 1.82) is 0 Å². The number of rotatable bonds is 4. The van der Waals surface area contributed by atoms with Crippen molar-refractivity contribution < 1.29 is 28.0 Å². The lowest BCUT2D eigenvalue weighted by Crippen LogP contribution is -2.44. The summed E-state index contributed by atoms with van der Waals surface area (Å²) in [7, 11) is 0. The molecule has 172 valence electrons. The van der Waals surface area contributed by atoms with Gasteiger partial charge in [-0.15, -0.1) is 5.10 Å². The molecule has 1 aromatic carbocycles. The highest BCUT2D eigenvalue weighted by Gasteiger charge is 2.48. The first-order valence-corrected chi connectivity index (χ1v) is 9.69. The van der Waals surface area contributed by atoms with Gasteiger partial charge in [-0.2, -0.15) is 8.78 Å². The number of carbonyl (C=O) groups is 2. The monoisotopic (exact) mass is 451 g/mol. The number of fused-ring (bicyclic) bond motifs is 1. The molecule has 1 aliphatic rings. The molecule has 0 aliphatic carbocycles. The zero-order valence-electron chi connectivity index (χ0n) is 18.2. The average Bonchev–Trinajstić information content (AvgIpc) is 3.16. The normalized spacial score (nSPS) is 14.9. The molecule has 0 fully saturated rings. The van der Waals surface area contributed by atoms with Gasteiger partial charge >= 0.3 is 12.6 Å². The van der Waals surface area contributed by atoms with Gasteiger partial charge in [0.1, 0.15) is 5.60 Å². The van der Waals surface area contributed by atoms with Crippen LogP contribution >= 0.6 is 0 Å². The van der Waals surface area contributed by atoms with Crippen molar-refractivity contribution >= 4 is 23.5 Å². The number of nitro groups is 1. The van der Waals surface area contributed by atoms with Crippen molar-refractivity contribution in [2.45, 2.75) is 58.9 Å². The van der Waals surface area contributed by atoms with Gasteiger partial charge in [-0.05, 0) is 46.8 Å². The summed E-state index contributed by atoms with van der Waals surface area (Å²) < 4.78 is 33.4. The molecule has 10 nitrogen and oxygen atoms in total. The number of amides is 2. The fraction of sp³-hybridized carbons (Fsp3) is 0.450. The van der Waals surface area contributed by atoms with E-state index in [1.165, 1.54) is 17.0 Å². The van der Waals surface area contributed by atoms with Crippen LogP contribution < -0.4 is 5.32 Å². The Kier molecular flexibility index (Phi) is 5.66. The molecule has 12 heteroatoms. The molecule has 1 aliphatic heterocycles. The lowest BCUT2D eigenvalue weighted by atomic mass is 10.0. The Morgan fingerprint density at radius 2 is 1.84 bits per heavy atom. The van der Waals surface area contributed by atoms with Crippen molar-refractivity contribution in [3.05, 3.63) is 51.2 Å². The van der Waals surface area contributed by atoms with E-state index in [0.717, 1.165) is 12.1 Å². The van der Waals surface area contributed by atoms with Gasteiger partial charge in [0.2, 0.25) is 0 Å². The SMILES string of the molecule is CC(C)(C)OC(=O)N1Cc2c(NC(=O)c3ccc([N+](=O)[O-])cc3)nn(C(F)F)c2C1(C)C. The quantitative estimate of drug-likeness (QED) is 0.543. The molecule has 1 aromatic heterocycles. The van der Waals surface area contributed by atoms with Crippen molar-refractivity contribution in [3.8, 4) is 0 Å². The molecule has 2 amide bonds. The van der Waals surface area contributed by atoms with Gasteiger partial charge in [-0.25, -0.2) is 9.48 Å². The van der Waals surface area contributed by atoms with Crippen LogP contribution in [0.3, 0.4) is 0 Å². The van der Waals surface area contributed by atoms with Crippen LogP contribution in [-0.2, 0) is 16.8 Å². The van der Waals surface area contributed by atoms with Crippen LogP contribution in [-0.4, -0.2) is 37.2 Å². The summed E-state index contributed by atoms with van der Waals surface area (Å²) >= 11 is 0. The van der Waals surface area contributed by atoms with Gasteiger partial charge in [0, 0.05) is 23.3 Å². The van der Waals surface area contributed by atoms with Crippen LogP contribution in [0.4, 0.5) is 25.1 Å². The number of hydrogen-bond donors (Lipinski definition) is 1. The minimum absolute atomic E-state index is 0.0807. The molecule has 0 radical (unpaired) electrons. The third-order valence-electron chi connectivity index (χ3n) is 4.95. The van der Waals surface area contributed by atoms with Crippen LogP contribution in [0.15, 0.2) is 24.3 Å². The number of ether oxygens (including phenoxy) is 1. The zero-order chi connectivity index (χ0) is 24.0. The first-order chi connectivity index (χ1) is 14.7. The number of halogens is 2. The number of carbonyl (C=O) groups excluding carboxylic acids is 2. The lowest BCUT2D eigenvalue weighted by Gasteiger charge is -2.34. The number of benzene rings is 1. The van der Waals surface area contributed by atoms with E-state index in [1.807, 2.05) is 0 Å². The molecule has 3 rings (SSSR count). The minimum atomic E-state index is -3.01. The van der Waals surface area contributed by atoms with Gasteiger partial charge in [-0.1, -0.05) is 0 Å². The molecular formula is C20H23F2N5O5. The third-order valence-corrected chi connectivity index (χ3v) is 4.95. The molecule has 1 N–H and O–H groups in total. The van der Waals surface area contributed by atoms with Gasteiger partial charge in [0.25, 0.3) is 11.6 Å². The van der Waals surface area contributed by atoms with E-state index in [4.69, 9.17) is 4.74 Å². The standard InChI is InChI=1S/C20H23F2N5O5/c1-19(2,3)32-18(29)25-10-13-14(20(25,4)5)26(17(21)22)24-15(13)23-16(28)11-6-8-12(9-7-11)27(30)31/h6-9,17H,10H2,1-5H3,(H,23,24,28). The predicted octanol–water partition coefficient (Wildman–Crippen LogP) is 4.42. The molecular weight excluding hydrogens is 428 g/mol. The molecule has 2 heterocycles. The molecule has 0 spiro atoms. The van der Waals surface area contributed by atoms with Crippen molar-refractivity contribution in [2.24, 2.45) is 0 Å². The molecule has 0 saturated carbocycles. The fourth-order valence-corrected chi connectivity index (χ4v) is 3.52. The topological polar surface area (TPSA) is 120 Å². The Bertz CT molecular complexity index is 1070. The number of hydrogen-bond acceptors (Lipinski definition) is 6. The van der Waals surface area contributed by atoms with Crippen LogP contribution in [0.2, 0.25) is 0 Å². The molecule has 2 aromatic rings. The number of nitrogens with one attached hydrogen (secondary N) is 1. The number of non-ortho nitro benzene ring substituents is 1. The second kappa shape index (κ2) is 7.84. The fourth-order valence-electron chi connectivity index (χ4n) is 3.52. The Balaban J connectivity index is 1.94. The van der Waals surface area contributed by atoms with Crippen LogP contribution in [0.5, 0.6) is 0 Å². The molecule has 0 bridgehead atoms. The number of nitrogens with zero attached hydrogens (tertiary/aromatic N) is 4. The first-order valence-electron chi connectivity index (χ1n) is 9.69. The summed E-state index contributed by atoms with van der Waals surface area (Å²) in [6.07, 6.45) is -0.688. The maximum atomic E-state index is 13.7. The van der Waals surface area contributed by atoms with Crippen molar-refractivity contribution in [1.82, 2.24) is 14.7 Å². The largest absolute Gasteiger partial charge is 0.444 e. The smallest absolute Gasteiger partial charge is 0.411 e. The summed E-state index contributed by atoms with van der Waals surface area (Å²) in [4.78, 5) is 36.8. The van der Waals surface area contributed by atoms with Crippen LogP contribution in [0.1, 0.15) is 62.8 Å². The Morgan fingerprint density at radius 1 is 1.25 bits per heavy atom. The third kappa shape index (κ3) is 4.25. The predicted molar refractivity (Wildman–Crippen MR) is 109 cm³/mol. The maximum Gasteiger partial charge on any atom is 0.411 e. The van der Waals surface area contributed by atoms with Gasteiger partial charge in [0.05, 0.1) is 22.7 Å². The Morgan fingerprint density at radius 3 is 2.34 bits per heavy atom. The summed E-state index contributed by atoms with van der Waals surface area (Å²) in [6.45, 7) is 5.15. The maximum absolute atomic E-state index is 13.7. The van der Waals surface area contributed by atoms with E-state index in [1.54, 1.807) is 34.6 Å². The van der Waals surface area contributed by atoms with Crippen LogP contribution in [0.25, 0.3) is 0 Å². The molecule has 0 saturated heterocycles. The highest BCUT2D eigenvalue weighted by atomic mass is 19.3. The lowest BCUT2D eigenvalue weighted by molar-refractivity contribution is -0.384.